The van der Waals surface area contributed by atoms with Crippen LogP contribution in [0.25, 0.3) is 0 Å². The van der Waals surface area contributed by atoms with Gasteiger partial charge in [0.15, 0.2) is 0 Å². The molecule has 1 N–H and O–H groups in total. The standard InChI is InChI=1S/C16H27NO/c1-12(16(2,3)4)11-14(17-5)13-9-7-8-10-15(13)18-6/h7-10,12,14,17H,11H2,1-6H3. The van der Waals surface area contributed by atoms with Crippen LogP contribution in [0.1, 0.15) is 45.7 Å². The first-order valence-electron chi connectivity index (χ1n) is 6.70. The number of rotatable bonds is 5. The lowest BCUT2D eigenvalue weighted by Gasteiger charge is -2.31. The van der Waals surface area contributed by atoms with E-state index in [9.17, 15) is 0 Å². The quantitative estimate of drug-likeness (QED) is 0.850. The number of methoxy groups -OCH3 is 1. The Morgan fingerprint density at radius 2 is 1.83 bits per heavy atom. The minimum atomic E-state index is 0.330. The summed E-state index contributed by atoms with van der Waals surface area (Å²) in [4.78, 5) is 0. The van der Waals surface area contributed by atoms with E-state index in [-0.39, 0.29) is 0 Å². The van der Waals surface area contributed by atoms with E-state index >= 15 is 0 Å². The van der Waals surface area contributed by atoms with Crippen LogP contribution in [-0.2, 0) is 0 Å². The molecule has 0 aliphatic rings. The molecule has 0 saturated heterocycles. The van der Waals surface area contributed by atoms with Crippen LogP contribution in [0.2, 0.25) is 0 Å². The summed E-state index contributed by atoms with van der Waals surface area (Å²) in [5.41, 5.74) is 1.58. The first kappa shape index (κ1) is 15.0. The van der Waals surface area contributed by atoms with E-state index in [0.717, 1.165) is 12.2 Å². The molecule has 0 fully saturated rings. The highest BCUT2D eigenvalue weighted by atomic mass is 16.5. The number of benzene rings is 1. The molecular weight excluding hydrogens is 222 g/mol. The second-order valence-electron chi connectivity index (χ2n) is 6.09. The van der Waals surface area contributed by atoms with Gasteiger partial charge in [0.25, 0.3) is 0 Å². The number of para-hydroxylation sites is 1. The summed E-state index contributed by atoms with van der Waals surface area (Å²) in [6.45, 7) is 9.21. The Labute approximate surface area is 112 Å². The molecular formula is C16H27NO. The van der Waals surface area contributed by atoms with Gasteiger partial charge >= 0.3 is 0 Å². The smallest absolute Gasteiger partial charge is 0.123 e. The minimum Gasteiger partial charge on any atom is -0.496 e. The maximum absolute atomic E-state index is 5.46. The van der Waals surface area contributed by atoms with Crippen molar-refractivity contribution < 1.29 is 4.74 Å². The second kappa shape index (κ2) is 6.24. The molecule has 0 saturated carbocycles. The number of hydrogen-bond acceptors (Lipinski definition) is 2. The minimum absolute atomic E-state index is 0.330. The van der Waals surface area contributed by atoms with E-state index in [1.54, 1.807) is 7.11 Å². The molecule has 0 bridgehead atoms. The average Bonchev–Trinajstić information content (AvgIpc) is 2.34. The van der Waals surface area contributed by atoms with Crippen LogP contribution in [0, 0.1) is 11.3 Å². The van der Waals surface area contributed by atoms with Crippen molar-refractivity contribution in [3.05, 3.63) is 29.8 Å². The Kier molecular flexibility index (Phi) is 5.21. The average molecular weight is 249 g/mol. The molecule has 1 aromatic rings. The molecule has 2 heteroatoms. The van der Waals surface area contributed by atoms with Crippen molar-refractivity contribution in [3.8, 4) is 5.75 Å². The maximum Gasteiger partial charge on any atom is 0.123 e. The van der Waals surface area contributed by atoms with Crippen molar-refractivity contribution in [2.24, 2.45) is 11.3 Å². The fourth-order valence-electron chi connectivity index (χ4n) is 2.06. The Hall–Kier alpha value is -1.02. The molecule has 18 heavy (non-hydrogen) atoms. The summed E-state index contributed by atoms with van der Waals surface area (Å²) < 4.78 is 5.46. The normalized spacial score (nSPS) is 15.2. The molecule has 1 rings (SSSR count). The third-order valence-electron chi connectivity index (χ3n) is 3.93. The van der Waals surface area contributed by atoms with Crippen molar-refractivity contribution in [1.29, 1.82) is 0 Å². The summed E-state index contributed by atoms with van der Waals surface area (Å²) >= 11 is 0. The van der Waals surface area contributed by atoms with Gasteiger partial charge in [0.1, 0.15) is 5.75 Å². The maximum atomic E-state index is 5.46. The van der Waals surface area contributed by atoms with Gasteiger partial charge < -0.3 is 10.1 Å². The van der Waals surface area contributed by atoms with E-state index in [1.807, 2.05) is 19.2 Å². The van der Waals surface area contributed by atoms with Gasteiger partial charge in [-0.25, -0.2) is 0 Å². The van der Waals surface area contributed by atoms with E-state index in [2.05, 4.69) is 45.1 Å². The fraction of sp³-hybridized carbons (Fsp3) is 0.625. The highest BCUT2D eigenvalue weighted by Gasteiger charge is 2.24. The van der Waals surface area contributed by atoms with Crippen LogP contribution in [-0.4, -0.2) is 14.2 Å². The third kappa shape index (κ3) is 3.74. The molecule has 2 unspecified atom stereocenters. The van der Waals surface area contributed by atoms with Gasteiger partial charge in [-0.05, 0) is 30.9 Å². The van der Waals surface area contributed by atoms with Gasteiger partial charge in [0, 0.05) is 11.6 Å². The Morgan fingerprint density at radius 1 is 1.22 bits per heavy atom. The Morgan fingerprint density at radius 3 is 2.33 bits per heavy atom. The monoisotopic (exact) mass is 249 g/mol. The molecule has 0 aromatic heterocycles. The molecule has 0 spiro atoms. The molecule has 1 aromatic carbocycles. The largest absolute Gasteiger partial charge is 0.496 e. The zero-order valence-electron chi connectivity index (χ0n) is 12.6. The molecule has 102 valence electrons. The topological polar surface area (TPSA) is 21.3 Å². The molecule has 0 amide bonds. The van der Waals surface area contributed by atoms with Crippen molar-refractivity contribution in [2.45, 2.75) is 40.2 Å². The lowest BCUT2D eigenvalue weighted by Crippen LogP contribution is -2.25. The SMILES string of the molecule is CNC(CC(C)C(C)(C)C)c1ccccc1OC. The van der Waals surface area contributed by atoms with Crippen molar-refractivity contribution in [1.82, 2.24) is 5.32 Å². The van der Waals surface area contributed by atoms with Gasteiger partial charge in [-0.2, -0.15) is 0 Å². The summed E-state index contributed by atoms with van der Waals surface area (Å²) in [5.74, 6) is 1.61. The highest BCUT2D eigenvalue weighted by molar-refractivity contribution is 5.35. The Bertz CT molecular complexity index is 368. The van der Waals surface area contributed by atoms with E-state index in [1.165, 1.54) is 5.56 Å². The second-order valence-corrected chi connectivity index (χ2v) is 6.09. The molecule has 0 radical (unpaired) electrons. The zero-order valence-corrected chi connectivity index (χ0v) is 12.6. The van der Waals surface area contributed by atoms with Gasteiger partial charge in [-0.15, -0.1) is 0 Å². The third-order valence-corrected chi connectivity index (χ3v) is 3.93. The molecule has 0 aliphatic heterocycles. The van der Waals surface area contributed by atoms with Crippen LogP contribution in [0.3, 0.4) is 0 Å². The summed E-state index contributed by atoms with van der Waals surface area (Å²) in [6.07, 6.45) is 1.11. The van der Waals surface area contributed by atoms with Crippen LogP contribution >= 0.6 is 0 Å². The lowest BCUT2D eigenvalue weighted by molar-refractivity contribution is 0.224. The van der Waals surface area contributed by atoms with Crippen molar-refractivity contribution >= 4 is 0 Å². The molecule has 2 atom stereocenters. The molecule has 0 aliphatic carbocycles. The van der Waals surface area contributed by atoms with Crippen LogP contribution < -0.4 is 10.1 Å². The fourth-order valence-corrected chi connectivity index (χ4v) is 2.06. The van der Waals surface area contributed by atoms with Crippen molar-refractivity contribution in [2.75, 3.05) is 14.2 Å². The first-order chi connectivity index (χ1) is 8.40. The number of nitrogens with one attached hydrogen (secondary N) is 1. The predicted molar refractivity (Wildman–Crippen MR) is 78.0 cm³/mol. The zero-order chi connectivity index (χ0) is 13.8. The van der Waals surface area contributed by atoms with Crippen molar-refractivity contribution in [3.63, 3.8) is 0 Å². The summed E-state index contributed by atoms with van der Waals surface area (Å²) in [7, 11) is 3.76. The van der Waals surface area contributed by atoms with E-state index in [4.69, 9.17) is 4.74 Å². The Balaban J connectivity index is 2.90. The summed E-state index contributed by atoms with van der Waals surface area (Å²) in [6, 6.07) is 8.61. The lowest BCUT2D eigenvalue weighted by atomic mass is 9.77. The van der Waals surface area contributed by atoms with E-state index < -0.39 is 0 Å². The summed E-state index contributed by atoms with van der Waals surface area (Å²) in [5, 5.41) is 3.42. The predicted octanol–water partition coefficient (Wildman–Crippen LogP) is 4.03. The van der Waals surface area contributed by atoms with E-state index in [0.29, 0.717) is 17.4 Å². The first-order valence-corrected chi connectivity index (χ1v) is 6.70. The number of ether oxygens (including phenoxy) is 1. The van der Waals surface area contributed by atoms with Crippen LogP contribution in [0.4, 0.5) is 0 Å². The molecule has 0 heterocycles. The van der Waals surface area contributed by atoms with Gasteiger partial charge in [0.2, 0.25) is 0 Å². The van der Waals surface area contributed by atoms with Crippen LogP contribution in [0.5, 0.6) is 5.75 Å². The van der Waals surface area contributed by atoms with Gasteiger partial charge in [-0.3, -0.25) is 0 Å². The number of hydrogen-bond donors (Lipinski definition) is 1. The van der Waals surface area contributed by atoms with Gasteiger partial charge in [-0.1, -0.05) is 45.9 Å². The van der Waals surface area contributed by atoms with Crippen LogP contribution in [0.15, 0.2) is 24.3 Å². The van der Waals surface area contributed by atoms with Gasteiger partial charge in [0.05, 0.1) is 7.11 Å². The highest BCUT2D eigenvalue weighted by Crippen LogP contribution is 2.35. The molecule has 2 nitrogen and oxygen atoms in total.